The zero-order valence-electron chi connectivity index (χ0n) is 19.7. The Balaban J connectivity index is 1.81. The molecule has 180 valence electrons. The zero-order valence-corrected chi connectivity index (χ0v) is 19.7. The van der Waals surface area contributed by atoms with Crippen LogP contribution in [-0.4, -0.2) is 30.5 Å². The Bertz CT molecular complexity index is 1250. The van der Waals surface area contributed by atoms with E-state index in [2.05, 4.69) is 0 Å². The largest absolute Gasteiger partial charge is 0.507 e. The third kappa shape index (κ3) is 4.89. The first-order valence-electron chi connectivity index (χ1n) is 11.2. The minimum Gasteiger partial charge on any atom is -0.507 e. The number of aliphatic hydroxyl groups is 1. The van der Waals surface area contributed by atoms with Gasteiger partial charge < -0.3 is 14.6 Å². The summed E-state index contributed by atoms with van der Waals surface area (Å²) in [6, 6.07) is 17.9. The van der Waals surface area contributed by atoms with Crippen LogP contribution in [0.1, 0.15) is 31.0 Å². The van der Waals surface area contributed by atoms with E-state index < -0.39 is 23.5 Å². The summed E-state index contributed by atoms with van der Waals surface area (Å²) >= 11 is 0. The summed E-state index contributed by atoms with van der Waals surface area (Å²) in [6.07, 6.45) is 0. The lowest BCUT2D eigenvalue weighted by atomic mass is 9.95. The second kappa shape index (κ2) is 10.0. The van der Waals surface area contributed by atoms with Crippen molar-refractivity contribution in [2.45, 2.75) is 19.9 Å². The number of aliphatic hydroxyl groups excluding tert-OH is 1. The highest BCUT2D eigenvalue weighted by atomic mass is 19.1. The monoisotopic (exact) mass is 475 g/mol. The molecule has 35 heavy (non-hydrogen) atoms. The summed E-state index contributed by atoms with van der Waals surface area (Å²) in [5.74, 6) is -0.813. The average molecular weight is 476 g/mol. The quantitative estimate of drug-likeness (QED) is 0.278. The van der Waals surface area contributed by atoms with Crippen molar-refractivity contribution in [3.05, 3.63) is 95.3 Å². The molecule has 6 nitrogen and oxygen atoms in total. The molecule has 3 aromatic carbocycles. The first-order valence-corrected chi connectivity index (χ1v) is 11.2. The van der Waals surface area contributed by atoms with Crippen LogP contribution in [0, 0.1) is 11.7 Å². The molecular formula is C28H26FNO5. The fourth-order valence-electron chi connectivity index (χ4n) is 3.93. The molecule has 7 heteroatoms. The van der Waals surface area contributed by atoms with Crippen LogP contribution in [0.25, 0.3) is 5.76 Å². The predicted molar refractivity (Wildman–Crippen MR) is 131 cm³/mol. The van der Waals surface area contributed by atoms with Gasteiger partial charge in [0.25, 0.3) is 11.7 Å². The molecule has 1 heterocycles. The molecule has 1 unspecified atom stereocenters. The molecule has 0 saturated carbocycles. The average Bonchev–Trinajstić information content (AvgIpc) is 3.13. The second-order valence-corrected chi connectivity index (χ2v) is 8.65. The Kier molecular flexibility index (Phi) is 6.87. The van der Waals surface area contributed by atoms with Gasteiger partial charge in [0.15, 0.2) is 0 Å². The number of methoxy groups -OCH3 is 1. The fraction of sp³-hybridized carbons (Fsp3) is 0.214. The molecule has 0 radical (unpaired) electrons. The number of carbonyl (C=O) groups excluding carboxylic acids is 2. The van der Waals surface area contributed by atoms with Crippen LogP contribution in [0.3, 0.4) is 0 Å². The molecular weight excluding hydrogens is 449 g/mol. The van der Waals surface area contributed by atoms with Crippen LogP contribution in [0.2, 0.25) is 0 Å². The number of halogens is 1. The van der Waals surface area contributed by atoms with Crippen LogP contribution >= 0.6 is 0 Å². The number of carbonyl (C=O) groups is 2. The number of Topliss-reactive ketones (excluding diaryl/α,β-unsaturated/α-hetero) is 1. The lowest BCUT2D eigenvalue weighted by molar-refractivity contribution is -0.132. The van der Waals surface area contributed by atoms with Crippen molar-refractivity contribution in [3.63, 3.8) is 0 Å². The van der Waals surface area contributed by atoms with Gasteiger partial charge in [-0.2, -0.15) is 0 Å². The lowest BCUT2D eigenvalue weighted by Gasteiger charge is -2.25. The SMILES string of the molecule is COc1ccc(C2/C(=C(\O)c3ccc(OCC(C)C)cc3)C(=O)C(=O)N2c2ccc(F)cc2)cc1. The van der Waals surface area contributed by atoms with Gasteiger partial charge >= 0.3 is 0 Å². The summed E-state index contributed by atoms with van der Waals surface area (Å²) in [6.45, 7) is 4.63. The molecule has 0 spiro atoms. The van der Waals surface area contributed by atoms with Crippen molar-refractivity contribution in [2.75, 3.05) is 18.6 Å². The number of benzene rings is 3. The van der Waals surface area contributed by atoms with Gasteiger partial charge in [0.05, 0.1) is 25.3 Å². The van der Waals surface area contributed by atoms with Crippen molar-refractivity contribution in [1.82, 2.24) is 0 Å². The highest BCUT2D eigenvalue weighted by Crippen LogP contribution is 2.42. The molecule has 1 amide bonds. The Morgan fingerprint density at radius 2 is 1.54 bits per heavy atom. The third-order valence-corrected chi connectivity index (χ3v) is 5.69. The highest BCUT2D eigenvalue weighted by molar-refractivity contribution is 6.51. The smallest absolute Gasteiger partial charge is 0.300 e. The van der Waals surface area contributed by atoms with E-state index >= 15 is 0 Å². The number of hydrogen-bond donors (Lipinski definition) is 1. The number of amides is 1. The summed E-state index contributed by atoms with van der Waals surface area (Å²) in [4.78, 5) is 27.6. The molecule has 1 aliphatic heterocycles. The van der Waals surface area contributed by atoms with E-state index in [-0.39, 0.29) is 11.3 Å². The Morgan fingerprint density at radius 1 is 0.943 bits per heavy atom. The Labute approximate surface area is 203 Å². The number of nitrogens with zero attached hydrogens (tertiary/aromatic N) is 1. The maximum atomic E-state index is 13.6. The number of hydrogen-bond acceptors (Lipinski definition) is 5. The van der Waals surface area contributed by atoms with Gasteiger partial charge in [-0.05, 0) is 72.1 Å². The van der Waals surface area contributed by atoms with Crippen molar-refractivity contribution >= 4 is 23.1 Å². The lowest BCUT2D eigenvalue weighted by Crippen LogP contribution is -2.29. The molecule has 1 N–H and O–H groups in total. The van der Waals surface area contributed by atoms with Gasteiger partial charge in [-0.3, -0.25) is 14.5 Å². The van der Waals surface area contributed by atoms with E-state index in [1.54, 1.807) is 48.5 Å². The van der Waals surface area contributed by atoms with Gasteiger partial charge in [0.2, 0.25) is 0 Å². The topological polar surface area (TPSA) is 76.1 Å². The van der Waals surface area contributed by atoms with Crippen molar-refractivity contribution in [1.29, 1.82) is 0 Å². The maximum absolute atomic E-state index is 13.6. The van der Waals surface area contributed by atoms with E-state index in [9.17, 15) is 19.1 Å². The number of anilines is 1. The standard InChI is InChI=1S/C28H26FNO5/c1-17(2)16-35-23-14-6-19(7-15-23)26(31)24-25(18-4-12-22(34-3)13-5-18)30(28(33)27(24)32)21-10-8-20(29)9-11-21/h4-15,17,25,31H,16H2,1-3H3/b26-24+. The number of ether oxygens (including phenoxy) is 2. The van der Waals surface area contributed by atoms with Crippen LogP contribution in [0.4, 0.5) is 10.1 Å². The Hall–Kier alpha value is -4.13. The predicted octanol–water partition coefficient (Wildman–Crippen LogP) is 5.50. The molecule has 3 aromatic rings. The molecule has 4 rings (SSSR count). The summed E-state index contributed by atoms with van der Waals surface area (Å²) in [7, 11) is 1.54. The van der Waals surface area contributed by atoms with E-state index in [1.807, 2.05) is 13.8 Å². The number of ketones is 1. The summed E-state index contributed by atoms with van der Waals surface area (Å²) in [5.41, 5.74) is 1.25. The van der Waals surface area contributed by atoms with Crippen molar-refractivity contribution in [2.24, 2.45) is 5.92 Å². The first kappa shape index (κ1) is 24.0. The van der Waals surface area contributed by atoms with Crippen LogP contribution in [0.5, 0.6) is 11.5 Å². The summed E-state index contributed by atoms with van der Waals surface area (Å²) in [5, 5.41) is 11.2. The van der Waals surface area contributed by atoms with Gasteiger partial charge in [-0.15, -0.1) is 0 Å². The minimum atomic E-state index is -0.914. The number of rotatable bonds is 7. The minimum absolute atomic E-state index is 0.0552. The normalized spacial score (nSPS) is 17.2. The van der Waals surface area contributed by atoms with Gasteiger partial charge in [-0.1, -0.05) is 26.0 Å². The molecule has 1 atom stereocenters. The van der Waals surface area contributed by atoms with Crippen LogP contribution in [0.15, 0.2) is 78.4 Å². The van der Waals surface area contributed by atoms with Crippen LogP contribution in [-0.2, 0) is 9.59 Å². The van der Waals surface area contributed by atoms with Crippen molar-refractivity contribution < 1.29 is 28.6 Å². The fourth-order valence-corrected chi connectivity index (χ4v) is 3.93. The summed E-state index contributed by atoms with van der Waals surface area (Å²) < 4.78 is 24.5. The molecule has 0 aromatic heterocycles. The maximum Gasteiger partial charge on any atom is 0.300 e. The van der Waals surface area contributed by atoms with E-state index in [1.165, 1.54) is 36.3 Å². The molecule has 0 bridgehead atoms. The highest BCUT2D eigenvalue weighted by Gasteiger charge is 2.47. The van der Waals surface area contributed by atoms with E-state index in [0.29, 0.717) is 40.8 Å². The van der Waals surface area contributed by atoms with Gasteiger partial charge in [0, 0.05) is 11.3 Å². The molecule has 1 aliphatic rings. The van der Waals surface area contributed by atoms with Crippen LogP contribution < -0.4 is 14.4 Å². The third-order valence-electron chi connectivity index (χ3n) is 5.69. The van der Waals surface area contributed by atoms with E-state index in [4.69, 9.17) is 9.47 Å². The van der Waals surface area contributed by atoms with Gasteiger partial charge in [-0.25, -0.2) is 4.39 Å². The van der Waals surface area contributed by atoms with E-state index in [0.717, 1.165) is 0 Å². The second-order valence-electron chi connectivity index (χ2n) is 8.65. The molecule has 0 aliphatic carbocycles. The first-order chi connectivity index (χ1) is 16.8. The molecule has 1 saturated heterocycles. The molecule has 1 fully saturated rings. The van der Waals surface area contributed by atoms with Gasteiger partial charge in [0.1, 0.15) is 23.1 Å². The zero-order chi connectivity index (χ0) is 25.1. The Morgan fingerprint density at radius 3 is 2.11 bits per heavy atom. The van der Waals surface area contributed by atoms with Crippen molar-refractivity contribution in [3.8, 4) is 11.5 Å².